The summed E-state index contributed by atoms with van der Waals surface area (Å²) in [5.74, 6) is 1.84. The summed E-state index contributed by atoms with van der Waals surface area (Å²) in [7, 11) is 4.00. The van der Waals surface area contributed by atoms with Crippen molar-refractivity contribution in [2.24, 2.45) is 5.92 Å². The van der Waals surface area contributed by atoms with Crippen molar-refractivity contribution < 1.29 is 4.79 Å². The minimum absolute atomic E-state index is 0.152. The zero-order valence-electron chi connectivity index (χ0n) is 16.8. The standard InChI is InChI=1S/C22H30N4O/c1-16-9-12-26(13-10-16)22(27)18-7-8-20(17(2)14-18)24-15-19-6-5-11-23-21(19)25(3)4/h5-8,11,14,16,24H,9-10,12-13,15H2,1-4H3. The fourth-order valence-electron chi connectivity index (χ4n) is 3.55. The molecule has 5 nitrogen and oxygen atoms in total. The number of carbonyl (C=O) groups excluding carboxylic acids is 1. The average molecular weight is 367 g/mol. The fraction of sp³-hybridized carbons (Fsp3) is 0.455. The number of amides is 1. The normalized spacial score (nSPS) is 14.9. The summed E-state index contributed by atoms with van der Waals surface area (Å²) in [5, 5.41) is 3.48. The van der Waals surface area contributed by atoms with Crippen molar-refractivity contribution in [1.29, 1.82) is 0 Å². The number of aryl methyl sites for hydroxylation is 1. The monoisotopic (exact) mass is 366 g/mol. The molecule has 0 radical (unpaired) electrons. The van der Waals surface area contributed by atoms with Gasteiger partial charge in [-0.15, -0.1) is 0 Å². The Bertz CT molecular complexity index is 795. The Morgan fingerprint density at radius 1 is 1.26 bits per heavy atom. The van der Waals surface area contributed by atoms with Crippen molar-refractivity contribution in [3.8, 4) is 0 Å². The Morgan fingerprint density at radius 3 is 2.67 bits per heavy atom. The number of carbonyl (C=O) groups is 1. The Morgan fingerprint density at radius 2 is 2.00 bits per heavy atom. The molecule has 1 aromatic carbocycles. The third-order valence-corrected chi connectivity index (χ3v) is 5.30. The maximum absolute atomic E-state index is 12.8. The number of pyridine rings is 1. The van der Waals surface area contributed by atoms with E-state index in [2.05, 4.69) is 23.3 Å². The van der Waals surface area contributed by atoms with Crippen molar-refractivity contribution in [2.45, 2.75) is 33.2 Å². The topological polar surface area (TPSA) is 48.5 Å². The van der Waals surface area contributed by atoms with Gasteiger partial charge in [0, 0.05) is 56.7 Å². The van der Waals surface area contributed by atoms with Crippen molar-refractivity contribution in [1.82, 2.24) is 9.88 Å². The Labute approximate surface area is 162 Å². The smallest absolute Gasteiger partial charge is 0.253 e. The predicted octanol–water partition coefficient (Wildman–Crippen LogP) is 3.94. The van der Waals surface area contributed by atoms with Crippen molar-refractivity contribution >= 4 is 17.4 Å². The van der Waals surface area contributed by atoms with Crippen LogP contribution in [0.3, 0.4) is 0 Å². The first-order chi connectivity index (χ1) is 13.0. The first-order valence-electron chi connectivity index (χ1n) is 9.70. The van der Waals surface area contributed by atoms with Crippen molar-refractivity contribution in [2.75, 3.05) is 37.4 Å². The molecule has 1 saturated heterocycles. The predicted molar refractivity (Wildman–Crippen MR) is 111 cm³/mol. The molecule has 1 aliphatic heterocycles. The molecule has 1 amide bonds. The number of hydrogen-bond donors (Lipinski definition) is 1. The van der Waals surface area contributed by atoms with E-state index in [0.717, 1.165) is 60.0 Å². The van der Waals surface area contributed by atoms with E-state index in [4.69, 9.17) is 0 Å². The number of nitrogens with zero attached hydrogens (tertiary/aromatic N) is 3. The summed E-state index contributed by atoms with van der Waals surface area (Å²) in [6.45, 7) is 6.74. The molecule has 1 fully saturated rings. The molecule has 3 rings (SSSR count). The van der Waals surface area contributed by atoms with E-state index in [1.807, 2.05) is 61.3 Å². The second kappa shape index (κ2) is 8.42. The lowest BCUT2D eigenvalue weighted by molar-refractivity contribution is 0.0697. The minimum Gasteiger partial charge on any atom is -0.381 e. The van der Waals surface area contributed by atoms with E-state index in [-0.39, 0.29) is 5.91 Å². The van der Waals surface area contributed by atoms with Gasteiger partial charge in [0.05, 0.1) is 0 Å². The number of hydrogen-bond acceptors (Lipinski definition) is 4. The van der Waals surface area contributed by atoms with Crippen LogP contribution in [0.2, 0.25) is 0 Å². The molecular formula is C22H30N4O. The van der Waals surface area contributed by atoms with Gasteiger partial charge in [0.1, 0.15) is 5.82 Å². The number of piperidine rings is 1. The molecule has 2 heterocycles. The molecule has 5 heteroatoms. The fourth-order valence-corrected chi connectivity index (χ4v) is 3.55. The van der Waals surface area contributed by atoms with E-state index >= 15 is 0 Å². The molecule has 27 heavy (non-hydrogen) atoms. The van der Waals surface area contributed by atoms with Crippen LogP contribution < -0.4 is 10.2 Å². The third kappa shape index (κ3) is 4.59. The second-order valence-corrected chi connectivity index (χ2v) is 7.74. The lowest BCUT2D eigenvalue weighted by atomic mass is 9.98. The van der Waals surface area contributed by atoms with Crippen LogP contribution in [0.25, 0.3) is 0 Å². The summed E-state index contributed by atoms with van der Waals surface area (Å²) in [6, 6.07) is 9.99. The average Bonchev–Trinajstić information content (AvgIpc) is 2.67. The van der Waals surface area contributed by atoms with Crippen LogP contribution in [0.1, 0.15) is 41.3 Å². The molecular weight excluding hydrogens is 336 g/mol. The van der Waals surface area contributed by atoms with Crippen molar-refractivity contribution in [3.05, 3.63) is 53.2 Å². The van der Waals surface area contributed by atoms with E-state index in [1.54, 1.807) is 0 Å². The lowest BCUT2D eigenvalue weighted by Gasteiger charge is -2.30. The summed E-state index contributed by atoms with van der Waals surface area (Å²) in [4.78, 5) is 21.2. The minimum atomic E-state index is 0.152. The van der Waals surface area contributed by atoms with Crippen LogP contribution in [-0.2, 0) is 6.54 Å². The molecule has 2 aromatic rings. The summed E-state index contributed by atoms with van der Waals surface area (Å²) in [6.07, 6.45) is 4.01. The number of nitrogens with one attached hydrogen (secondary N) is 1. The zero-order valence-corrected chi connectivity index (χ0v) is 16.8. The van der Waals surface area contributed by atoms with Gasteiger partial charge in [0.15, 0.2) is 0 Å². The number of rotatable bonds is 5. The molecule has 0 aliphatic carbocycles. The van der Waals surface area contributed by atoms with Gasteiger partial charge in [-0.25, -0.2) is 4.98 Å². The van der Waals surface area contributed by atoms with Crippen molar-refractivity contribution in [3.63, 3.8) is 0 Å². The van der Waals surface area contributed by atoms with Gasteiger partial charge in [-0.2, -0.15) is 0 Å². The summed E-state index contributed by atoms with van der Waals surface area (Å²) >= 11 is 0. The molecule has 1 aliphatic rings. The summed E-state index contributed by atoms with van der Waals surface area (Å²) < 4.78 is 0. The molecule has 144 valence electrons. The van der Waals surface area contributed by atoms with E-state index in [9.17, 15) is 4.79 Å². The highest BCUT2D eigenvalue weighted by atomic mass is 16.2. The van der Waals surface area contributed by atoms with Gasteiger partial charge in [-0.05, 0) is 55.5 Å². The maximum atomic E-state index is 12.8. The van der Waals surface area contributed by atoms with Gasteiger partial charge in [-0.3, -0.25) is 4.79 Å². The van der Waals surface area contributed by atoms with Crippen LogP contribution in [0, 0.1) is 12.8 Å². The molecule has 0 atom stereocenters. The summed E-state index contributed by atoms with van der Waals surface area (Å²) in [5.41, 5.74) is 4.06. The maximum Gasteiger partial charge on any atom is 0.253 e. The second-order valence-electron chi connectivity index (χ2n) is 7.74. The molecule has 1 aromatic heterocycles. The van der Waals surface area contributed by atoms with Crippen LogP contribution in [-0.4, -0.2) is 43.0 Å². The third-order valence-electron chi connectivity index (χ3n) is 5.30. The van der Waals surface area contributed by atoms with Gasteiger partial charge >= 0.3 is 0 Å². The Balaban J connectivity index is 1.68. The SMILES string of the molecule is Cc1cc(C(=O)N2CCC(C)CC2)ccc1NCc1cccnc1N(C)C. The molecule has 0 unspecified atom stereocenters. The highest BCUT2D eigenvalue weighted by Gasteiger charge is 2.21. The van der Waals surface area contributed by atoms with Gasteiger partial charge in [0.25, 0.3) is 5.91 Å². The van der Waals surface area contributed by atoms with Crippen LogP contribution in [0.15, 0.2) is 36.5 Å². The highest BCUT2D eigenvalue weighted by Crippen LogP contribution is 2.23. The first-order valence-corrected chi connectivity index (χ1v) is 9.70. The van der Waals surface area contributed by atoms with Gasteiger partial charge < -0.3 is 15.1 Å². The van der Waals surface area contributed by atoms with Crippen LogP contribution in [0.4, 0.5) is 11.5 Å². The molecule has 0 spiro atoms. The largest absolute Gasteiger partial charge is 0.381 e. The van der Waals surface area contributed by atoms with Gasteiger partial charge in [-0.1, -0.05) is 13.0 Å². The van der Waals surface area contributed by atoms with E-state index in [0.29, 0.717) is 6.54 Å². The van der Waals surface area contributed by atoms with Gasteiger partial charge in [0.2, 0.25) is 0 Å². The Kier molecular flexibility index (Phi) is 5.99. The first kappa shape index (κ1) is 19.2. The van der Waals surface area contributed by atoms with Crippen LogP contribution >= 0.6 is 0 Å². The van der Waals surface area contributed by atoms with E-state index in [1.165, 1.54) is 0 Å². The molecule has 0 bridgehead atoms. The lowest BCUT2D eigenvalue weighted by Crippen LogP contribution is -2.37. The number of aromatic nitrogens is 1. The quantitative estimate of drug-likeness (QED) is 0.871. The molecule has 0 saturated carbocycles. The number of anilines is 2. The number of likely N-dealkylation sites (tertiary alicyclic amines) is 1. The van der Waals surface area contributed by atoms with Crippen LogP contribution in [0.5, 0.6) is 0 Å². The van der Waals surface area contributed by atoms with E-state index < -0.39 is 0 Å². The number of benzene rings is 1. The highest BCUT2D eigenvalue weighted by molar-refractivity contribution is 5.95. The molecule has 1 N–H and O–H groups in total. The Hall–Kier alpha value is -2.56. The zero-order chi connectivity index (χ0) is 19.4.